The number of carbonyl (C=O) groups excluding carboxylic acids is 1. The second-order valence-electron chi connectivity index (χ2n) is 4.90. The molecule has 4 heteroatoms. The van der Waals surface area contributed by atoms with Crippen molar-refractivity contribution in [2.24, 2.45) is 0 Å². The minimum Gasteiger partial charge on any atom is -0.395 e. The number of carbonyl (C=O) groups is 1. The number of nitrogens with one attached hydrogen (secondary N) is 1. The molecule has 1 rings (SSSR count). The van der Waals surface area contributed by atoms with Gasteiger partial charge in [0, 0.05) is 24.4 Å². The van der Waals surface area contributed by atoms with Crippen LogP contribution in [0.15, 0.2) is 18.5 Å². The Labute approximate surface area is 107 Å². The van der Waals surface area contributed by atoms with Crippen LogP contribution in [0.25, 0.3) is 0 Å². The molecule has 96 valence electrons. The van der Waals surface area contributed by atoms with E-state index in [-0.39, 0.29) is 18.1 Å². The summed E-state index contributed by atoms with van der Waals surface area (Å²) >= 11 is 0. The van der Waals surface area contributed by atoms with Gasteiger partial charge in [0.25, 0.3) is 5.91 Å². The smallest absolute Gasteiger partial charge is 0.253 e. The SMILES string of the molecule is CC(C)(C)NC(=O)c1ccncc1C#CCCO. The predicted molar refractivity (Wildman–Crippen MR) is 70.0 cm³/mol. The van der Waals surface area contributed by atoms with E-state index in [1.54, 1.807) is 18.5 Å². The molecular weight excluding hydrogens is 228 g/mol. The number of rotatable bonds is 2. The van der Waals surface area contributed by atoms with Crippen LogP contribution in [0.2, 0.25) is 0 Å². The van der Waals surface area contributed by atoms with E-state index in [1.807, 2.05) is 20.8 Å². The molecule has 0 aromatic carbocycles. The Hall–Kier alpha value is -1.86. The molecule has 4 nitrogen and oxygen atoms in total. The second-order valence-corrected chi connectivity index (χ2v) is 4.90. The van der Waals surface area contributed by atoms with Crippen LogP contribution in [0.3, 0.4) is 0 Å². The zero-order valence-corrected chi connectivity index (χ0v) is 10.9. The van der Waals surface area contributed by atoms with Crippen molar-refractivity contribution in [3.63, 3.8) is 0 Å². The molecule has 1 aromatic heterocycles. The number of hydrogen-bond acceptors (Lipinski definition) is 3. The summed E-state index contributed by atoms with van der Waals surface area (Å²) in [6, 6.07) is 1.64. The van der Waals surface area contributed by atoms with E-state index in [4.69, 9.17) is 5.11 Å². The molecule has 0 aliphatic carbocycles. The van der Waals surface area contributed by atoms with Crippen LogP contribution < -0.4 is 5.32 Å². The maximum absolute atomic E-state index is 12.1. The van der Waals surface area contributed by atoms with Gasteiger partial charge in [-0.3, -0.25) is 9.78 Å². The first-order valence-corrected chi connectivity index (χ1v) is 5.80. The molecule has 0 aliphatic rings. The van der Waals surface area contributed by atoms with Crippen molar-refractivity contribution in [3.05, 3.63) is 29.6 Å². The van der Waals surface area contributed by atoms with Crippen LogP contribution >= 0.6 is 0 Å². The molecule has 0 saturated carbocycles. The van der Waals surface area contributed by atoms with Gasteiger partial charge in [-0.25, -0.2) is 0 Å². The van der Waals surface area contributed by atoms with Crippen molar-refractivity contribution in [3.8, 4) is 11.8 Å². The van der Waals surface area contributed by atoms with Gasteiger partial charge in [-0.05, 0) is 26.8 Å². The Morgan fingerprint density at radius 3 is 2.83 bits per heavy atom. The summed E-state index contributed by atoms with van der Waals surface area (Å²) in [5.74, 6) is 5.47. The normalized spacial score (nSPS) is 10.4. The molecule has 0 aliphatic heterocycles. The molecule has 0 unspecified atom stereocenters. The van der Waals surface area contributed by atoms with E-state index in [2.05, 4.69) is 22.1 Å². The first-order valence-electron chi connectivity index (χ1n) is 5.80. The summed E-state index contributed by atoms with van der Waals surface area (Å²) in [4.78, 5) is 16.0. The summed E-state index contributed by atoms with van der Waals surface area (Å²) < 4.78 is 0. The Kier molecular flexibility index (Phi) is 4.87. The van der Waals surface area contributed by atoms with Crippen molar-refractivity contribution in [1.82, 2.24) is 10.3 Å². The largest absolute Gasteiger partial charge is 0.395 e. The fraction of sp³-hybridized carbons (Fsp3) is 0.429. The third-order valence-corrected chi connectivity index (χ3v) is 2.01. The van der Waals surface area contributed by atoms with Gasteiger partial charge >= 0.3 is 0 Å². The third-order valence-electron chi connectivity index (χ3n) is 2.01. The molecule has 0 fully saturated rings. The lowest BCUT2D eigenvalue weighted by Gasteiger charge is -2.20. The standard InChI is InChI=1S/C14H18N2O2/c1-14(2,3)16-13(18)12-7-8-15-10-11(12)6-4-5-9-17/h7-8,10,17H,5,9H2,1-3H3,(H,16,18). The number of aliphatic hydroxyl groups excluding tert-OH is 1. The fourth-order valence-corrected chi connectivity index (χ4v) is 1.31. The molecule has 1 amide bonds. The Balaban J connectivity index is 2.96. The average Bonchev–Trinajstić information content (AvgIpc) is 2.27. The number of hydrogen-bond donors (Lipinski definition) is 2. The van der Waals surface area contributed by atoms with Crippen molar-refractivity contribution in [2.45, 2.75) is 32.7 Å². The van der Waals surface area contributed by atoms with E-state index in [0.717, 1.165) is 0 Å². The van der Waals surface area contributed by atoms with E-state index in [1.165, 1.54) is 0 Å². The highest BCUT2D eigenvalue weighted by molar-refractivity contribution is 5.96. The molecule has 0 saturated heterocycles. The molecule has 0 radical (unpaired) electrons. The monoisotopic (exact) mass is 246 g/mol. The highest BCUT2D eigenvalue weighted by Crippen LogP contribution is 2.08. The molecule has 0 bridgehead atoms. The van der Waals surface area contributed by atoms with Gasteiger partial charge in [0.15, 0.2) is 0 Å². The molecule has 0 atom stereocenters. The van der Waals surface area contributed by atoms with Gasteiger partial charge in [0.05, 0.1) is 17.7 Å². The molecule has 1 heterocycles. The van der Waals surface area contributed by atoms with Gasteiger partial charge in [0.1, 0.15) is 0 Å². The van der Waals surface area contributed by atoms with Crippen molar-refractivity contribution in [2.75, 3.05) is 6.61 Å². The van der Waals surface area contributed by atoms with Crippen molar-refractivity contribution >= 4 is 5.91 Å². The first-order chi connectivity index (χ1) is 8.44. The van der Waals surface area contributed by atoms with Crippen LogP contribution in [0.1, 0.15) is 43.1 Å². The number of pyridine rings is 1. The van der Waals surface area contributed by atoms with Gasteiger partial charge in [0.2, 0.25) is 0 Å². The lowest BCUT2D eigenvalue weighted by Crippen LogP contribution is -2.40. The highest BCUT2D eigenvalue weighted by atomic mass is 16.2. The zero-order valence-electron chi connectivity index (χ0n) is 10.9. The predicted octanol–water partition coefficient (Wildman–Crippen LogP) is 1.34. The van der Waals surface area contributed by atoms with E-state index in [0.29, 0.717) is 17.5 Å². The molecular formula is C14H18N2O2. The highest BCUT2D eigenvalue weighted by Gasteiger charge is 2.17. The Bertz CT molecular complexity index is 479. The zero-order chi connectivity index (χ0) is 13.6. The van der Waals surface area contributed by atoms with E-state index < -0.39 is 0 Å². The summed E-state index contributed by atoms with van der Waals surface area (Å²) in [7, 11) is 0. The number of amides is 1. The number of aliphatic hydroxyl groups is 1. The Morgan fingerprint density at radius 1 is 1.50 bits per heavy atom. The molecule has 2 N–H and O–H groups in total. The van der Waals surface area contributed by atoms with Gasteiger partial charge in [-0.15, -0.1) is 0 Å². The van der Waals surface area contributed by atoms with E-state index >= 15 is 0 Å². The second kappa shape index (κ2) is 6.18. The first kappa shape index (κ1) is 14.2. The minimum absolute atomic E-state index is 0.0107. The average molecular weight is 246 g/mol. The quantitative estimate of drug-likeness (QED) is 0.774. The topological polar surface area (TPSA) is 62.2 Å². The third kappa shape index (κ3) is 4.56. The van der Waals surface area contributed by atoms with E-state index in [9.17, 15) is 4.79 Å². The van der Waals surface area contributed by atoms with Crippen LogP contribution in [0, 0.1) is 11.8 Å². The van der Waals surface area contributed by atoms with Crippen LogP contribution in [-0.4, -0.2) is 28.1 Å². The number of aromatic nitrogens is 1. The molecule has 1 aromatic rings. The Morgan fingerprint density at radius 2 is 2.22 bits per heavy atom. The van der Waals surface area contributed by atoms with Crippen molar-refractivity contribution in [1.29, 1.82) is 0 Å². The summed E-state index contributed by atoms with van der Waals surface area (Å²) in [5.41, 5.74) is 0.786. The lowest BCUT2D eigenvalue weighted by atomic mass is 10.1. The maximum atomic E-state index is 12.1. The molecule has 0 spiro atoms. The summed E-state index contributed by atoms with van der Waals surface area (Å²) in [5, 5.41) is 11.6. The van der Waals surface area contributed by atoms with Gasteiger partial charge < -0.3 is 10.4 Å². The van der Waals surface area contributed by atoms with Crippen molar-refractivity contribution < 1.29 is 9.90 Å². The summed E-state index contributed by atoms with van der Waals surface area (Å²) in [6.45, 7) is 5.77. The van der Waals surface area contributed by atoms with Crippen LogP contribution in [-0.2, 0) is 0 Å². The minimum atomic E-state index is -0.295. The fourth-order valence-electron chi connectivity index (χ4n) is 1.31. The van der Waals surface area contributed by atoms with Crippen LogP contribution in [0.4, 0.5) is 0 Å². The number of nitrogens with zero attached hydrogens (tertiary/aromatic N) is 1. The lowest BCUT2D eigenvalue weighted by molar-refractivity contribution is 0.0919. The van der Waals surface area contributed by atoms with Gasteiger partial charge in [-0.1, -0.05) is 11.8 Å². The van der Waals surface area contributed by atoms with Gasteiger partial charge in [-0.2, -0.15) is 0 Å². The molecule has 18 heavy (non-hydrogen) atoms. The van der Waals surface area contributed by atoms with Crippen LogP contribution in [0.5, 0.6) is 0 Å². The summed E-state index contributed by atoms with van der Waals surface area (Å²) in [6.07, 6.45) is 3.51. The maximum Gasteiger partial charge on any atom is 0.253 e.